The summed E-state index contributed by atoms with van der Waals surface area (Å²) in [7, 11) is 0. The normalized spacial score (nSPS) is 14.7. The van der Waals surface area contributed by atoms with Crippen LogP contribution in [0.25, 0.3) is 0 Å². The molecule has 0 unspecified atom stereocenters. The molecule has 3 aromatic carbocycles. The van der Waals surface area contributed by atoms with E-state index < -0.39 is 11.9 Å². The van der Waals surface area contributed by atoms with E-state index in [-0.39, 0.29) is 34.5 Å². The van der Waals surface area contributed by atoms with Crippen molar-refractivity contribution in [2.75, 3.05) is 0 Å². The molecule has 7 heteroatoms. The second kappa shape index (κ2) is 7.66. The monoisotopic (exact) mass is 456 g/mol. The van der Waals surface area contributed by atoms with Crippen LogP contribution in [-0.2, 0) is 10.2 Å². The van der Waals surface area contributed by atoms with Gasteiger partial charge in [-0.2, -0.15) is 0 Å². The van der Waals surface area contributed by atoms with E-state index in [0.29, 0.717) is 34.1 Å². The van der Waals surface area contributed by atoms with E-state index in [2.05, 4.69) is 4.74 Å². The highest BCUT2D eigenvalue weighted by atomic mass is 16.6. The number of ether oxygens (including phenoxy) is 3. The van der Waals surface area contributed by atoms with Gasteiger partial charge in [0.15, 0.2) is 11.6 Å². The van der Waals surface area contributed by atoms with Gasteiger partial charge < -0.3 is 14.2 Å². The minimum absolute atomic E-state index is 0.104. The Morgan fingerprint density at radius 2 is 1.21 bits per heavy atom. The Labute approximate surface area is 195 Å². The lowest BCUT2D eigenvalue weighted by molar-refractivity contribution is 0.0443. The molecule has 34 heavy (non-hydrogen) atoms. The first-order valence-corrected chi connectivity index (χ1v) is 10.7. The van der Waals surface area contributed by atoms with Crippen LogP contribution in [-0.4, -0.2) is 23.5 Å². The van der Waals surface area contributed by atoms with Crippen molar-refractivity contribution in [1.82, 2.24) is 0 Å². The van der Waals surface area contributed by atoms with E-state index in [1.807, 2.05) is 26.8 Å². The number of esters is 2. The number of carbonyl (C=O) groups excluding carboxylic acids is 4. The van der Waals surface area contributed by atoms with Crippen molar-refractivity contribution < 1.29 is 33.4 Å². The maximum Gasteiger partial charge on any atom is 0.347 e. The summed E-state index contributed by atoms with van der Waals surface area (Å²) in [6.07, 6.45) is -0.104. The fourth-order valence-electron chi connectivity index (χ4n) is 4.04. The molecule has 0 radical (unpaired) electrons. The summed E-state index contributed by atoms with van der Waals surface area (Å²) in [5.74, 6) is 0.213. The minimum atomic E-state index is -0.695. The fourth-order valence-corrected chi connectivity index (χ4v) is 4.04. The predicted octanol–water partition coefficient (Wildman–Crippen LogP) is 5.65. The number of benzene rings is 3. The predicted molar refractivity (Wildman–Crippen MR) is 121 cm³/mol. The summed E-state index contributed by atoms with van der Waals surface area (Å²) in [4.78, 5) is 47.5. The van der Waals surface area contributed by atoms with Crippen LogP contribution in [0, 0.1) is 0 Å². The summed E-state index contributed by atoms with van der Waals surface area (Å²) in [5.41, 5.74) is 1.72. The highest BCUT2D eigenvalue weighted by Crippen LogP contribution is 2.39. The Balaban J connectivity index is 1.45. The molecule has 0 saturated carbocycles. The molecule has 0 aromatic heterocycles. The number of ketones is 2. The van der Waals surface area contributed by atoms with Crippen molar-refractivity contribution in [3.63, 3.8) is 0 Å². The zero-order chi connectivity index (χ0) is 24.2. The molecular formula is C27H20O7. The van der Waals surface area contributed by atoms with Crippen molar-refractivity contribution in [1.29, 1.82) is 0 Å². The number of hydrogen-bond acceptors (Lipinski definition) is 7. The summed E-state index contributed by atoms with van der Waals surface area (Å²) >= 11 is 0. The van der Waals surface area contributed by atoms with E-state index in [1.54, 1.807) is 36.4 Å². The minimum Gasteiger partial charge on any atom is -0.457 e. The lowest BCUT2D eigenvalue weighted by Gasteiger charge is -2.23. The standard InChI is InChI=1S/C27H20O7/c1-27(2,3)21-12-16(32-14-4-7-17-19(10-14)23(29)13-22(17)28)6-9-24(21)33-15-5-8-18-20(11-15)26(31)34-25(18)30/h4-12H,13H2,1-3H3. The van der Waals surface area contributed by atoms with E-state index in [0.717, 1.165) is 5.56 Å². The summed E-state index contributed by atoms with van der Waals surface area (Å²) in [6.45, 7) is 6.08. The molecule has 0 saturated heterocycles. The zero-order valence-corrected chi connectivity index (χ0v) is 18.8. The van der Waals surface area contributed by atoms with Gasteiger partial charge in [0.1, 0.15) is 23.0 Å². The third kappa shape index (κ3) is 3.75. The number of Topliss-reactive ketones (excluding diaryl/α,β-unsaturated/α-hetero) is 2. The Morgan fingerprint density at radius 1 is 0.647 bits per heavy atom. The third-order valence-electron chi connectivity index (χ3n) is 5.75. The molecule has 5 rings (SSSR count). The molecule has 0 spiro atoms. The van der Waals surface area contributed by atoms with Crippen LogP contribution in [0.2, 0.25) is 0 Å². The van der Waals surface area contributed by atoms with Crippen LogP contribution in [0.15, 0.2) is 54.6 Å². The van der Waals surface area contributed by atoms with Gasteiger partial charge in [0.25, 0.3) is 0 Å². The average Bonchev–Trinajstić information content (AvgIpc) is 3.22. The van der Waals surface area contributed by atoms with Crippen LogP contribution < -0.4 is 9.47 Å². The zero-order valence-electron chi connectivity index (χ0n) is 18.8. The van der Waals surface area contributed by atoms with Gasteiger partial charge in [0.2, 0.25) is 0 Å². The molecule has 0 N–H and O–H groups in total. The van der Waals surface area contributed by atoms with Crippen molar-refractivity contribution in [3.05, 3.63) is 82.4 Å². The molecule has 0 bridgehead atoms. The average molecular weight is 456 g/mol. The van der Waals surface area contributed by atoms with Crippen LogP contribution >= 0.6 is 0 Å². The molecule has 1 heterocycles. The second-order valence-corrected chi connectivity index (χ2v) is 9.23. The number of carbonyl (C=O) groups is 4. The van der Waals surface area contributed by atoms with E-state index in [4.69, 9.17) is 9.47 Å². The Bertz CT molecular complexity index is 1410. The van der Waals surface area contributed by atoms with Gasteiger partial charge in [-0.1, -0.05) is 20.8 Å². The van der Waals surface area contributed by atoms with Crippen molar-refractivity contribution >= 4 is 23.5 Å². The number of cyclic esters (lactones) is 2. The smallest absolute Gasteiger partial charge is 0.347 e. The first kappa shape index (κ1) is 21.6. The van der Waals surface area contributed by atoms with Gasteiger partial charge in [-0.3, -0.25) is 9.59 Å². The van der Waals surface area contributed by atoms with Crippen LogP contribution in [0.5, 0.6) is 23.0 Å². The molecule has 1 aliphatic heterocycles. The Kier molecular flexibility index (Phi) is 4.86. The van der Waals surface area contributed by atoms with E-state index in [1.165, 1.54) is 12.1 Å². The van der Waals surface area contributed by atoms with Crippen LogP contribution in [0.4, 0.5) is 0 Å². The molecule has 2 aliphatic rings. The summed E-state index contributed by atoms with van der Waals surface area (Å²) in [5, 5.41) is 0. The van der Waals surface area contributed by atoms with Crippen molar-refractivity contribution in [2.24, 2.45) is 0 Å². The van der Waals surface area contributed by atoms with E-state index in [9.17, 15) is 19.2 Å². The van der Waals surface area contributed by atoms with Gasteiger partial charge in [0.05, 0.1) is 17.5 Å². The second-order valence-electron chi connectivity index (χ2n) is 9.23. The number of hydrogen-bond donors (Lipinski definition) is 0. The maximum absolute atomic E-state index is 12.1. The lowest BCUT2D eigenvalue weighted by atomic mass is 9.86. The SMILES string of the molecule is CC(C)(C)c1cc(Oc2ccc3c(c2)C(=O)CC3=O)ccc1Oc1ccc2c(c1)C(=O)OC2=O. The van der Waals surface area contributed by atoms with E-state index >= 15 is 0 Å². The summed E-state index contributed by atoms with van der Waals surface area (Å²) < 4.78 is 16.7. The van der Waals surface area contributed by atoms with Crippen LogP contribution in [0.3, 0.4) is 0 Å². The molecule has 1 aliphatic carbocycles. The Morgan fingerprint density at radius 3 is 1.94 bits per heavy atom. The first-order valence-electron chi connectivity index (χ1n) is 10.7. The molecule has 0 atom stereocenters. The molecule has 3 aromatic rings. The van der Waals surface area contributed by atoms with Gasteiger partial charge in [0, 0.05) is 16.7 Å². The van der Waals surface area contributed by atoms with Gasteiger partial charge in [-0.15, -0.1) is 0 Å². The highest BCUT2D eigenvalue weighted by molar-refractivity contribution is 6.24. The molecular weight excluding hydrogens is 436 g/mol. The van der Waals surface area contributed by atoms with Crippen molar-refractivity contribution in [2.45, 2.75) is 32.6 Å². The molecule has 0 fully saturated rings. The fraction of sp³-hybridized carbons (Fsp3) is 0.185. The maximum atomic E-state index is 12.1. The number of rotatable bonds is 4. The van der Waals surface area contributed by atoms with Crippen molar-refractivity contribution in [3.8, 4) is 23.0 Å². The van der Waals surface area contributed by atoms with Gasteiger partial charge in [-0.05, 0) is 60.0 Å². The summed E-state index contributed by atoms with van der Waals surface area (Å²) in [6, 6.07) is 14.8. The topological polar surface area (TPSA) is 96.0 Å². The lowest BCUT2D eigenvalue weighted by Crippen LogP contribution is -2.12. The molecule has 0 amide bonds. The molecule has 7 nitrogen and oxygen atoms in total. The number of fused-ring (bicyclic) bond motifs is 2. The first-order chi connectivity index (χ1) is 16.1. The Hall–Kier alpha value is -4.26. The quantitative estimate of drug-likeness (QED) is 0.370. The van der Waals surface area contributed by atoms with Gasteiger partial charge in [-0.25, -0.2) is 9.59 Å². The third-order valence-corrected chi connectivity index (χ3v) is 5.75. The highest BCUT2D eigenvalue weighted by Gasteiger charge is 2.30. The van der Waals surface area contributed by atoms with Gasteiger partial charge >= 0.3 is 11.9 Å². The largest absolute Gasteiger partial charge is 0.457 e. The molecule has 170 valence electrons. The van der Waals surface area contributed by atoms with Crippen LogP contribution in [0.1, 0.15) is 74.2 Å².